The molecule has 0 N–H and O–H groups in total. The normalized spacial score (nSPS) is 15.1. The summed E-state index contributed by atoms with van der Waals surface area (Å²) in [6.45, 7) is 5.90. The Kier molecular flexibility index (Phi) is 5.29. The average Bonchev–Trinajstić information content (AvgIpc) is 3.15. The van der Waals surface area contributed by atoms with Gasteiger partial charge in [0.15, 0.2) is 11.2 Å². The van der Waals surface area contributed by atoms with E-state index in [0.717, 1.165) is 24.2 Å². The molecule has 9 nitrogen and oxygen atoms in total. The predicted octanol–water partition coefficient (Wildman–Crippen LogP) is 0.0865. The molecule has 2 aromatic heterocycles. The molecule has 0 saturated carbocycles. The molecule has 0 bridgehead atoms. The molecule has 0 atom stereocenters. The quantitative estimate of drug-likeness (QED) is 0.609. The lowest BCUT2D eigenvalue weighted by molar-refractivity contribution is -0.133. The zero-order chi connectivity index (χ0) is 21.4. The molecular weight excluding hydrogens is 384 g/mol. The van der Waals surface area contributed by atoms with Crippen molar-refractivity contribution in [1.29, 1.82) is 0 Å². The number of rotatable bonds is 4. The molecule has 0 unspecified atom stereocenters. The van der Waals surface area contributed by atoms with Gasteiger partial charge in [-0.25, -0.2) is 9.78 Å². The number of imidazole rings is 1. The van der Waals surface area contributed by atoms with Crippen LogP contribution < -0.4 is 11.2 Å². The summed E-state index contributed by atoms with van der Waals surface area (Å²) in [5, 5.41) is 0. The second-order valence-corrected chi connectivity index (χ2v) is 7.90. The fraction of sp³-hybridized carbons (Fsp3) is 0.429. The monoisotopic (exact) mass is 410 g/mol. The molecule has 30 heavy (non-hydrogen) atoms. The van der Waals surface area contributed by atoms with E-state index in [1.54, 1.807) is 11.6 Å². The van der Waals surface area contributed by atoms with Crippen LogP contribution in [0, 0.1) is 6.92 Å². The maximum Gasteiger partial charge on any atom is 0.332 e. The summed E-state index contributed by atoms with van der Waals surface area (Å²) in [6, 6.07) is 8.48. The number of piperazine rings is 1. The van der Waals surface area contributed by atoms with Gasteiger partial charge in [-0.3, -0.25) is 23.6 Å². The van der Waals surface area contributed by atoms with Crippen molar-refractivity contribution in [3.05, 3.63) is 62.6 Å². The van der Waals surface area contributed by atoms with Gasteiger partial charge in [0, 0.05) is 46.8 Å². The summed E-state index contributed by atoms with van der Waals surface area (Å²) in [5.74, 6) is -0.0552. The van der Waals surface area contributed by atoms with Crippen molar-refractivity contribution in [2.45, 2.75) is 20.0 Å². The van der Waals surface area contributed by atoms with Crippen molar-refractivity contribution in [3.8, 4) is 0 Å². The molecule has 1 saturated heterocycles. The summed E-state index contributed by atoms with van der Waals surface area (Å²) in [6.07, 6.45) is 1.46. The van der Waals surface area contributed by atoms with Crippen LogP contribution in [0.1, 0.15) is 11.1 Å². The van der Waals surface area contributed by atoms with Gasteiger partial charge in [-0.1, -0.05) is 29.8 Å². The third-order valence-electron chi connectivity index (χ3n) is 5.74. The largest absolute Gasteiger partial charge is 0.339 e. The van der Waals surface area contributed by atoms with Crippen molar-refractivity contribution in [2.24, 2.45) is 14.1 Å². The van der Waals surface area contributed by atoms with Gasteiger partial charge in [-0.2, -0.15) is 0 Å². The van der Waals surface area contributed by atoms with E-state index in [2.05, 4.69) is 41.1 Å². The first kappa shape index (κ1) is 20.1. The highest BCUT2D eigenvalue weighted by molar-refractivity contribution is 5.79. The predicted molar refractivity (Wildman–Crippen MR) is 113 cm³/mol. The number of hydrogen-bond donors (Lipinski definition) is 0. The molecule has 1 aliphatic rings. The van der Waals surface area contributed by atoms with Crippen molar-refractivity contribution in [1.82, 2.24) is 28.5 Å². The highest BCUT2D eigenvalue weighted by Gasteiger charge is 2.23. The summed E-state index contributed by atoms with van der Waals surface area (Å²) in [7, 11) is 2.99. The molecule has 1 amide bonds. The van der Waals surface area contributed by atoms with E-state index < -0.39 is 11.2 Å². The van der Waals surface area contributed by atoms with Crippen LogP contribution in [0.25, 0.3) is 11.2 Å². The van der Waals surface area contributed by atoms with Crippen LogP contribution in [-0.2, 0) is 32.0 Å². The maximum absolute atomic E-state index is 12.8. The SMILES string of the molecule is Cc1cccc(CN2CCN(C(=O)Cn3cnc4c3c(=O)n(C)c(=O)n4C)CC2)c1. The van der Waals surface area contributed by atoms with Crippen LogP contribution in [0.3, 0.4) is 0 Å². The van der Waals surface area contributed by atoms with E-state index in [1.807, 2.05) is 4.90 Å². The van der Waals surface area contributed by atoms with Crippen LogP contribution in [0.4, 0.5) is 0 Å². The van der Waals surface area contributed by atoms with Gasteiger partial charge in [0.2, 0.25) is 5.91 Å². The molecule has 0 spiro atoms. The zero-order valence-corrected chi connectivity index (χ0v) is 17.5. The van der Waals surface area contributed by atoms with Gasteiger partial charge in [-0.05, 0) is 12.5 Å². The Morgan fingerprint density at radius 3 is 2.50 bits per heavy atom. The third kappa shape index (κ3) is 3.68. The number of nitrogens with zero attached hydrogens (tertiary/aromatic N) is 6. The molecule has 158 valence electrons. The molecule has 1 aromatic carbocycles. The summed E-state index contributed by atoms with van der Waals surface area (Å²) in [4.78, 5) is 45.8. The van der Waals surface area contributed by atoms with Crippen molar-refractivity contribution >= 4 is 17.1 Å². The fourth-order valence-corrected chi connectivity index (χ4v) is 3.99. The van der Waals surface area contributed by atoms with Crippen LogP contribution in [-0.4, -0.2) is 60.6 Å². The summed E-state index contributed by atoms with van der Waals surface area (Å²) >= 11 is 0. The molecule has 1 fully saturated rings. The lowest BCUT2D eigenvalue weighted by atomic mass is 10.1. The second kappa shape index (κ2) is 7.91. The maximum atomic E-state index is 12.8. The average molecular weight is 410 g/mol. The van der Waals surface area contributed by atoms with Gasteiger partial charge in [-0.15, -0.1) is 0 Å². The number of aryl methyl sites for hydroxylation is 2. The second-order valence-electron chi connectivity index (χ2n) is 7.90. The Hall–Kier alpha value is -3.20. The van der Waals surface area contributed by atoms with E-state index in [1.165, 1.54) is 29.1 Å². The molecule has 0 radical (unpaired) electrons. The molecule has 0 aliphatic carbocycles. The first-order valence-electron chi connectivity index (χ1n) is 10.0. The Labute approximate surface area is 173 Å². The number of aromatic nitrogens is 4. The van der Waals surface area contributed by atoms with Crippen LogP contribution in [0.15, 0.2) is 40.2 Å². The van der Waals surface area contributed by atoms with Gasteiger partial charge < -0.3 is 9.47 Å². The fourth-order valence-electron chi connectivity index (χ4n) is 3.99. The Morgan fingerprint density at radius 1 is 1.07 bits per heavy atom. The molecule has 9 heteroatoms. The summed E-state index contributed by atoms with van der Waals surface area (Å²) < 4.78 is 3.90. The minimum atomic E-state index is -0.443. The molecule has 3 aromatic rings. The first-order valence-corrected chi connectivity index (χ1v) is 10.0. The van der Waals surface area contributed by atoms with E-state index >= 15 is 0 Å². The number of carbonyl (C=O) groups is 1. The Morgan fingerprint density at radius 2 is 1.80 bits per heavy atom. The van der Waals surface area contributed by atoms with E-state index in [9.17, 15) is 14.4 Å². The van der Waals surface area contributed by atoms with Crippen LogP contribution in [0.2, 0.25) is 0 Å². The Bertz CT molecular complexity index is 1210. The lowest BCUT2D eigenvalue weighted by Crippen LogP contribution is -2.49. The van der Waals surface area contributed by atoms with E-state index in [-0.39, 0.29) is 18.0 Å². The minimum Gasteiger partial charge on any atom is -0.339 e. The van der Waals surface area contributed by atoms with Crippen LogP contribution in [0.5, 0.6) is 0 Å². The number of hydrogen-bond acceptors (Lipinski definition) is 5. The highest BCUT2D eigenvalue weighted by Crippen LogP contribution is 2.12. The number of benzene rings is 1. The Balaban J connectivity index is 1.43. The molecule has 1 aliphatic heterocycles. The topological polar surface area (TPSA) is 85.4 Å². The number of amides is 1. The van der Waals surface area contributed by atoms with Crippen molar-refractivity contribution in [2.75, 3.05) is 26.2 Å². The van der Waals surface area contributed by atoms with Crippen LogP contribution >= 0.6 is 0 Å². The summed E-state index contributed by atoms with van der Waals surface area (Å²) in [5.41, 5.74) is 2.21. The molecule has 3 heterocycles. The van der Waals surface area contributed by atoms with E-state index in [4.69, 9.17) is 0 Å². The molecule has 4 rings (SSSR count). The number of carbonyl (C=O) groups excluding carboxylic acids is 1. The lowest BCUT2D eigenvalue weighted by Gasteiger charge is -2.35. The van der Waals surface area contributed by atoms with Gasteiger partial charge in [0.25, 0.3) is 5.56 Å². The third-order valence-corrected chi connectivity index (χ3v) is 5.74. The van der Waals surface area contributed by atoms with Gasteiger partial charge in [0.1, 0.15) is 6.54 Å². The highest BCUT2D eigenvalue weighted by atomic mass is 16.2. The number of fused-ring (bicyclic) bond motifs is 1. The van der Waals surface area contributed by atoms with Gasteiger partial charge in [0.05, 0.1) is 6.33 Å². The van der Waals surface area contributed by atoms with Gasteiger partial charge >= 0.3 is 5.69 Å². The van der Waals surface area contributed by atoms with Crippen molar-refractivity contribution in [3.63, 3.8) is 0 Å². The van der Waals surface area contributed by atoms with Crippen molar-refractivity contribution < 1.29 is 4.79 Å². The smallest absolute Gasteiger partial charge is 0.332 e. The standard InChI is InChI=1S/C21H26N6O3/c1-15-5-4-6-16(11-15)12-25-7-9-26(10-8-25)17(28)13-27-14-22-19-18(27)20(29)24(3)21(30)23(19)2/h4-6,11,14H,7-10,12-13H2,1-3H3. The molecular formula is C21H26N6O3. The van der Waals surface area contributed by atoms with E-state index in [0.29, 0.717) is 18.7 Å². The zero-order valence-electron chi connectivity index (χ0n) is 17.5. The minimum absolute atomic E-state index is 0.0296. The first-order chi connectivity index (χ1) is 14.3.